The highest BCUT2D eigenvalue weighted by Gasteiger charge is 2.54. The van der Waals surface area contributed by atoms with Crippen LogP contribution >= 0.6 is 11.8 Å². The predicted molar refractivity (Wildman–Crippen MR) is 109 cm³/mol. The van der Waals surface area contributed by atoms with Gasteiger partial charge in [0, 0.05) is 0 Å². The van der Waals surface area contributed by atoms with Gasteiger partial charge in [-0.1, -0.05) is 78.9 Å². The highest BCUT2D eigenvalue weighted by molar-refractivity contribution is 8.02. The van der Waals surface area contributed by atoms with E-state index in [2.05, 4.69) is 60.7 Å². The second-order valence-electron chi connectivity index (χ2n) is 6.61. The lowest BCUT2D eigenvalue weighted by Crippen LogP contribution is -2.30. The van der Waals surface area contributed by atoms with E-state index in [1.54, 1.807) is 11.8 Å². The average molecular weight is 371 g/mol. The van der Waals surface area contributed by atoms with Gasteiger partial charge in [-0.2, -0.15) is 0 Å². The molecule has 132 valence electrons. The number of nitrogens with zero attached hydrogens (tertiary/aromatic N) is 1. The van der Waals surface area contributed by atoms with E-state index < -0.39 is 10.1 Å². The van der Waals surface area contributed by atoms with Crippen molar-refractivity contribution in [2.75, 3.05) is 7.11 Å². The molecule has 1 spiro atoms. The van der Waals surface area contributed by atoms with Crippen molar-refractivity contribution < 1.29 is 9.53 Å². The van der Waals surface area contributed by atoms with E-state index in [4.69, 9.17) is 9.73 Å². The molecule has 27 heavy (non-hydrogen) atoms. The summed E-state index contributed by atoms with van der Waals surface area (Å²) in [5, 5.41) is -0.579. The average Bonchev–Trinajstić information content (AvgIpc) is 3.27. The van der Waals surface area contributed by atoms with E-state index in [1.165, 1.54) is 29.4 Å². The fourth-order valence-corrected chi connectivity index (χ4v) is 5.69. The van der Waals surface area contributed by atoms with Crippen LogP contribution in [0.4, 0.5) is 0 Å². The molecule has 1 aliphatic heterocycles. The number of benzene rings is 3. The Balaban J connectivity index is 1.82. The lowest BCUT2D eigenvalue weighted by molar-refractivity contribution is -0.139. The van der Waals surface area contributed by atoms with Crippen molar-refractivity contribution in [3.8, 4) is 11.1 Å². The zero-order chi connectivity index (χ0) is 18.4. The molecule has 1 aliphatic carbocycles. The van der Waals surface area contributed by atoms with Crippen molar-refractivity contribution in [3.63, 3.8) is 0 Å². The second kappa shape index (κ2) is 6.10. The number of fused-ring (bicyclic) bond motifs is 5. The molecule has 3 nitrogen and oxygen atoms in total. The molecule has 0 radical (unpaired) electrons. The summed E-state index contributed by atoms with van der Waals surface area (Å²) in [6.07, 6.45) is 0. The first-order valence-electron chi connectivity index (χ1n) is 8.84. The minimum atomic E-state index is -0.579. The van der Waals surface area contributed by atoms with Crippen molar-refractivity contribution >= 4 is 23.4 Å². The summed E-state index contributed by atoms with van der Waals surface area (Å²) >= 11 is 1.56. The van der Waals surface area contributed by atoms with Gasteiger partial charge in [-0.15, -0.1) is 11.8 Å². The first-order chi connectivity index (χ1) is 13.3. The molecule has 0 fully saturated rings. The molecule has 0 bridgehead atoms. The Bertz CT molecular complexity index is 1030. The maximum atomic E-state index is 12.4. The van der Waals surface area contributed by atoms with Gasteiger partial charge in [0.2, 0.25) is 0 Å². The lowest BCUT2D eigenvalue weighted by Gasteiger charge is -2.28. The van der Waals surface area contributed by atoms with E-state index >= 15 is 0 Å². The zero-order valence-corrected chi connectivity index (χ0v) is 15.6. The number of thioether (sulfide) groups is 1. The first-order valence-corrected chi connectivity index (χ1v) is 9.72. The molecular weight excluding hydrogens is 354 g/mol. The van der Waals surface area contributed by atoms with Crippen molar-refractivity contribution in [3.05, 3.63) is 95.6 Å². The lowest BCUT2D eigenvalue weighted by atomic mass is 9.87. The molecule has 3 aromatic rings. The van der Waals surface area contributed by atoms with Crippen LogP contribution in [0, 0.1) is 0 Å². The fraction of sp³-hybridized carbons (Fsp3) is 0.130. The van der Waals surface area contributed by atoms with E-state index in [-0.39, 0.29) is 5.97 Å². The molecular formula is C23H17NO2S. The Labute approximate surface area is 162 Å². The Morgan fingerprint density at radius 2 is 1.44 bits per heavy atom. The quantitative estimate of drug-likeness (QED) is 0.616. The Morgan fingerprint density at radius 3 is 2.04 bits per heavy atom. The van der Waals surface area contributed by atoms with E-state index in [0.29, 0.717) is 0 Å². The minimum Gasteiger partial charge on any atom is -0.467 e. The third-order valence-corrected chi connectivity index (χ3v) is 6.73. The van der Waals surface area contributed by atoms with Gasteiger partial charge in [-0.05, 0) is 27.8 Å². The molecule has 0 aromatic heterocycles. The number of methoxy groups -OCH3 is 1. The molecule has 1 atom stereocenters. The maximum absolute atomic E-state index is 12.4. The Morgan fingerprint density at radius 1 is 0.889 bits per heavy atom. The fourth-order valence-electron chi connectivity index (χ4n) is 4.11. The van der Waals surface area contributed by atoms with Crippen LogP contribution < -0.4 is 0 Å². The van der Waals surface area contributed by atoms with Crippen LogP contribution in [0.2, 0.25) is 0 Å². The number of hydrogen-bond acceptors (Lipinski definition) is 4. The largest absolute Gasteiger partial charge is 0.467 e. The van der Waals surface area contributed by atoms with Crippen LogP contribution in [-0.2, 0) is 14.3 Å². The molecule has 0 unspecified atom stereocenters. The van der Waals surface area contributed by atoms with Crippen molar-refractivity contribution in [1.82, 2.24) is 0 Å². The number of carbonyl (C=O) groups is 1. The Hall–Kier alpha value is -2.85. The second-order valence-corrected chi connectivity index (χ2v) is 7.90. The third-order valence-electron chi connectivity index (χ3n) is 5.22. The van der Waals surface area contributed by atoms with E-state index in [1.807, 2.05) is 18.2 Å². The van der Waals surface area contributed by atoms with Gasteiger partial charge >= 0.3 is 5.97 Å². The molecule has 1 heterocycles. The summed E-state index contributed by atoms with van der Waals surface area (Å²) in [5.41, 5.74) is 6.73. The molecule has 0 amide bonds. The molecule has 0 saturated heterocycles. The standard InChI is InChI=1S/C23H17NO2S/c1-26-22(25)21-24-20(15-9-3-2-4-10-15)23(27-21)18-13-7-5-11-16(18)17-12-6-8-14-19(17)23/h2-14,21H,1H3/t21-/m0/s1. The molecule has 3 aromatic carbocycles. The SMILES string of the molecule is COC(=O)[C@H]1N=C(c2ccccc2)C2(S1)c1ccccc1-c1ccccc12. The number of carbonyl (C=O) groups excluding carboxylic acids is 1. The van der Waals surface area contributed by atoms with Gasteiger partial charge in [0.25, 0.3) is 0 Å². The number of rotatable bonds is 2. The van der Waals surface area contributed by atoms with Crippen molar-refractivity contribution in [2.24, 2.45) is 4.99 Å². The van der Waals surface area contributed by atoms with Gasteiger partial charge in [0.1, 0.15) is 4.75 Å². The molecule has 5 rings (SSSR count). The summed E-state index contributed by atoms with van der Waals surface area (Å²) in [5.74, 6) is -0.313. The predicted octanol–water partition coefficient (Wildman–Crippen LogP) is 4.65. The Kier molecular flexibility index (Phi) is 3.69. The molecule has 0 saturated carbocycles. The summed E-state index contributed by atoms with van der Waals surface area (Å²) in [4.78, 5) is 17.3. The monoisotopic (exact) mass is 371 g/mol. The van der Waals surface area contributed by atoms with Crippen LogP contribution in [0.5, 0.6) is 0 Å². The summed E-state index contributed by atoms with van der Waals surface area (Å²) in [6.45, 7) is 0. The van der Waals surface area contributed by atoms with Crippen LogP contribution in [0.3, 0.4) is 0 Å². The van der Waals surface area contributed by atoms with Gasteiger partial charge in [0.15, 0.2) is 5.37 Å². The van der Waals surface area contributed by atoms with Crippen LogP contribution in [-0.4, -0.2) is 24.2 Å². The number of hydrogen-bond donors (Lipinski definition) is 0. The normalized spacial score (nSPS) is 18.7. The first kappa shape index (κ1) is 16.3. The number of aliphatic imine (C=N–C) groups is 1. The van der Waals surface area contributed by atoms with Crippen molar-refractivity contribution in [2.45, 2.75) is 10.1 Å². The zero-order valence-electron chi connectivity index (χ0n) is 14.8. The number of esters is 1. The van der Waals surface area contributed by atoms with Gasteiger partial charge < -0.3 is 4.74 Å². The van der Waals surface area contributed by atoms with Crippen LogP contribution in [0.15, 0.2) is 83.9 Å². The van der Waals surface area contributed by atoms with Gasteiger partial charge in [0.05, 0.1) is 12.8 Å². The smallest absolute Gasteiger partial charge is 0.341 e. The topological polar surface area (TPSA) is 38.7 Å². The summed E-state index contributed by atoms with van der Waals surface area (Å²) in [7, 11) is 1.42. The minimum absolute atomic E-state index is 0.313. The van der Waals surface area contributed by atoms with Gasteiger partial charge in [-0.3, -0.25) is 4.99 Å². The summed E-state index contributed by atoms with van der Waals surface area (Å²) < 4.78 is 4.52. The van der Waals surface area contributed by atoms with Crippen LogP contribution in [0.25, 0.3) is 11.1 Å². The van der Waals surface area contributed by atoms with E-state index in [0.717, 1.165) is 11.3 Å². The maximum Gasteiger partial charge on any atom is 0.341 e. The summed E-state index contributed by atoms with van der Waals surface area (Å²) in [6, 6.07) is 27.0. The highest BCUT2D eigenvalue weighted by atomic mass is 32.2. The third kappa shape index (κ3) is 2.23. The van der Waals surface area contributed by atoms with Crippen LogP contribution in [0.1, 0.15) is 16.7 Å². The molecule has 2 aliphatic rings. The molecule has 0 N–H and O–H groups in total. The highest BCUT2D eigenvalue weighted by Crippen LogP contribution is 2.60. The van der Waals surface area contributed by atoms with Gasteiger partial charge in [-0.25, -0.2) is 4.79 Å². The van der Waals surface area contributed by atoms with E-state index in [9.17, 15) is 4.79 Å². The number of ether oxygens (including phenoxy) is 1. The molecule has 4 heteroatoms. The van der Waals surface area contributed by atoms with Crippen molar-refractivity contribution in [1.29, 1.82) is 0 Å².